The van der Waals surface area contributed by atoms with Crippen LogP contribution in [0.1, 0.15) is 0 Å². The summed E-state index contributed by atoms with van der Waals surface area (Å²) in [6.45, 7) is -0.760. The quantitative estimate of drug-likeness (QED) is 0.181. The van der Waals surface area contributed by atoms with Crippen LogP contribution in [0.15, 0.2) is 0 Å². The molecule has 0 aliphatic carbocycles. The van der Waals surface area contributed by atoms with Gasteiger partial charge in [-0.05, 0) is 0 Å². The standard InChI is InChI=1S/C6H12O6.3Na.H3O4P/c7-1-3(9)5(11)6(12)4(10)2-8;;;;1-5(2,3)4/h1,3-6,8-12H,2H2;;;;(H3,1,2,3,4)/q;3*+1;/p-3/t3-,4-,5-,6-;;;;/m1..../s1. The van der Waals surface area contributed by atoms with E-state index in [1.807, 2.05) is 0 Å². The zero-order chi connectivity index (χ0) is 14.2. The van der Waals surface area contributed by atoms with Crippen molar-refractivity contribution in [1.29, 1.82) is 0 Å². The first-order chi connectivity index (χ1) is 7.54. The number of carbonyl (C=O) groups is 1. The SMILES string of the molecule is O=C[C@@H](O)[C@@H](O)[C@H](O)[C@H](O)CO.O=P([O-])([O-])[O-].[Na+].[Na+].[Na+]. The molecule has 0 aromatic heterocycles. The number of hydrogen-bond donors (Lipinski definition) is 5. The van der Waals surface area contributed by atoms with E-state index < -0.39 is 38.8 Å². The van der Waals surface area contributed by atoms with Crippen LogP contribution in [-0.4, -0.2) is 62.8 Å². The molecule has 0 amide bonds. The fourth-order valence-electron chi connectivity index (χ4n) is 0.618. The van der Waals surface area contributed by atoms with Crippen molar-refractivity contribution in [3.63, 3.8) is 0 Å². The summed E-state index contributed by atoms with van der Waals surface area (Å²) in [4.78, 5) is 35.5. The Morgan fingerprint density at radius 1 is 0.950 bits per heavy atom. The van der Waals surface area contributed by atoms with Gasteiger partial charge in [-0.1, -0.05) is 0 Å². The summed E-state index contributed by atoms with van der Waals surface area (Å²) in [5, 5.41) is 43.5. The minimum Gasteiger partial charge on any atom is -0.822 e. The zero-order valence-corrected chi connectivity index (χ0v) is 18.2. The Hall–Kier alpha value is 2.58. The summed E-state index contributed by atoms with van der Waals surface area (Å²) in [6.07, 6.45) is -6.84. The first-order valence-electron chi connectivity index (χ1n) is 4.06. The van der Waals surface area contributed by atoms with E-state index in [9.17, 15) is 4.79 Å². The first-order valence-corrected chi connectivity index (χ1v) is 5.52. The van der Waals surface area contributed by atoms with Gasteiger partial charge in [0.15, 0.2) is 6.29 Å². The monoisotopic (exact) mass is 344 g/mol. The van der Waals surface area contributed by atoms with Gasteiger partial charge in [0.05, 0.1) is 6.61 Å². The van der Waals surface area contributed by atoms with Crippen LogP contribution in [0.25, 0.3) is 0 Å². The van der Waals surface area contributed by atoms with Crippen molar-refractivity contribution in [3.05, 3.63) is 0 Å². The third-order valence-corrected chi connectivity index (χ3v) is 1.42. The van der Waals surface area contributed by atoms with Crippen LogP contribution in [-0.2, 0) is 9.36 Å². The Morgan fingerprint density at radius 3 is 1.45 bits per heavy atom. The van der Waals surface area contributed by atoms with Gasteiger partial charge >= 0.3 is 88.7 Å². The fourth-order valence-corrected chi connectivity index (χ4v) is 0.618. The van der Waals surface area contributed by atoms with Crippen molar-refractivity contribution in [2.45, 2.75) is 24.4 Å². The number of aliphatic hydroxyl groups is 5. The second-order valence-corrected chi connectivity index (χ2v) is 3.70. The molecule has 0 bridgehead atoms. The van der Waals surface area contributed by atoms with E-state index in [0.29, 0.717) is 0 Å². The minimum absolute atomic E-state index is 0. The Morgan fingerprint density at radius 2 is 1.25 bits per heavy atom. The summed E-state index contributed by atoms with van der Waals surface area (Å²) in [6, 6.07) is 0. The summed E-state index contributed by atoms with van der Waals surface area (Å²) >= 11 is 0. The Labute approximate surface area is 181 Å². The van der Waals surface area contributed by atoms with Crippen molar-refractivity contribution in [2.75, 3.05) is 6.61 Å². The van der Waals surface area contributed by atoms with Gasteiger partial charge in [0, 0.05) is 0 Å². The molecular formula is C6H12Na3O10P. The van der Waals surface area contributed by atoms with Gasteiger partial charge in [-0.3, -0.25) is 0 Å². The van der Waals surface area contributed by atoms with Crippen LogP contribution in [0.2, 0.25) is 0 Å². The van der Waals surface area contributed by atoms with E-state index in [4.69, 9.17) is 44.8 Å². The molecule has 0 fully saturated rings. The molecule has 10 nitrogen and oxygen atoms in total. The van der Waals surface area contributed by atoms with Crippen molar-refractivity contribution in [3.8, 4) is 0 Å². The van der Waals surface area contributed by atoms with Crippen molar-refractivity contribution >= 4 is 14.1 Å². The fraction of sp³-hybridized carbons (Fsp3) is 0.833. The average molecular weight is 344 g/mol. The van der Waals surface area contributed by atoms with Gasteiger partial charge in [0.25, 0.3) is 0 Å². The van der Waals surface area contributed by atoms with Crippen molar-refractivity contribution < 1.29 is 138 Å². The third kappa shape index (κ3) is 22.9. The van der Waals surface area contributed by atoms with Gasteiger partial charge in [-0.25, -0.2) is 0 Å². The molecule has 0 aliphatic heterocycles. The third-order valence-electron chi connectivity index (χ3n) is 1.42. The number of phosphoric acid groups is 1. The van der Waals surface area contributed by atoms with Gasteiger partial charge < -0.3 is 49.6 Å². The van der Waals surface area contributed by atoms with Crippen LogP contribution in [0.3, 0.4) is 0 Å². The van der Waals surface area contributed by atoms with Gasteiger partial charge in [0.1, 0.15) is 24.4 Å². The number of aldehydes is 1. The minimum atomic E-state index is -5.39. The smallest absolute Gasteiger partial charge is 0.822 e. The van der Waals surface area contributed by atoms with E-state index >= 15 is 0 Å². The zero-order valence-electron chi connectivity index (χ0n) is 11.3. The normalized spacial score (nSPS) is 15.6. The number of carbonyl (C=O) groups excluding carboxylic acids is 1. The molecule has 20 heavy (non-hydrogen) atoms. The molecule has 5 N–H and O–H groups in total. The second-order valence-electron chi connectivity index (χ2n) is 2.80. The Kier molecular flexibility index (Phi) is 30.5. The Balaban J connectivity index is -0.0000000821. The van der Waals surface area contributed by atoms with Crippen LogP contribution >= 0.6 is 7.82 Å². The largest absolute Gasteiger partial charge is 1.00 e. The average Bonchev–Trinajstić information content (AvgIpc) is 2.22. The van der Waals surface area contributed by atoms with E-state index in [1.54, 1.807) is 0 Å². The molecule has 104 valence electrons. The maximum absolute atomic E-state index is 9.90. The van der Waals surface area contributed by atoms with Crippen molar-refractivity contribution in [1.82, 2.24) is 0 Å². The van der Waals surface area contributed by atoms with Crippen LogP contribution in [0.4, 0.5) is 0 Å². The topological polar surface area (TPSA) is 204 Å². The molecule has 0 aromatic rings. The van der Waals surface area contributed by atoms with Crippen LogP contribution in [0.5, 0.6) is 0 Å². The molecule has 0 heterocycles. The molecule has 14 heteroatoms. The number of aliphatic hydroxyl groups excluding tert-OH is 5. The summed E-state index contributed by atoms with van der Waals surface area (Å²) in [5.74, 6) is 0. The van der Waals surface area contributed by atoms with Crippen molar-refractivity contribution in [2.24, 2.45) is 0 Å². The van der Waals surface area contributed by atoms with E-state index in [0.717, 1.165) is 0 Å². The van der Waals surface area contributed by atoms with E-state index in [1.165, 1.54) is 0 Å². The van der Waals surface area contributed by atoms with Gasteiger partial charge in [-0.15, -0.1) is 0 Å². The number of hydrogen-bond acceptors (Lipinski definition) is 10. The molecule has 0 rings (SSSR count). The summed E-state index contributed by atoms with van der Waals surface area (Å²) < 4.78 is 8.55. The maximum Gasteiger partial charge on any atom is 1.00 e. The molecule has 0 saturated heterocycles. The van der Waals surface area contributed by atoms with E-state index in [-0.39, 0.29) is 95.0 Å². The summed E-state index contributed by atoms with van der Waals surface area (Å²) in [7, 11) is -5.39. The first kappa shape index (κ1) is 34.0. The van der Waals surface area contributed by atoms with Gasteiger partial charge in [-0.2, -0.15) is 7.82 Å². The maximum atomic E-state index is 9.90. The second kappa shape index (κ2) is 17.9. The summed E-state index contributed by atoms with van der Waals surface area (Å²) in [5.41, 5.74) is 0. The molecule has 0 spiro atoms. The predicted molar refractivity (Wildman–Crippen MR) is 44.8 cm³/mol. The van der Waals surface area contributed by atoms with Crippen LogP contribution in [0, 0.1) is 0 Å². The Bertz CT molecular complexity index is 255. The molecule has 0 radical (unpaired) electrons. The molecular weight excluding hydrogens is 332 g/mol. The van der Waals surface area contributed by atoms with Gasteiger partial charge in [0.2, 0.25) is 0 Å². The predicted octanol–water partition coefficient (Wildman–Crippen LogP) is -15.2. The number of rotatable bonds is 5. The van der Waals surface area contributed by atoms with E-state index in [2.05, 4.69) is 0 Å². The molecule has 0 aromatic carbocycles. The molecule has 4 atom stereocenters. The molecule has 0 aliphatic rings. The molecule has 0 unspecified atom stereocenters. The molecule has 0 saturated carbocycles. The van der Waals surface area contributed by atoms with Crippen LogP contribution < -0.4 is 103 Å².